The first-order valence-corrected chi connectivity index (χ1v) is 8.81. The maximum absolute atomic E-state index is 13.2. The van der Waals surface area contributed by atoms with Crippen LogP contribution in [0.4, 0.5) is 4.79 Å². The first-order chi connectivity index (χ1) is 12.4. The van der Waals surface area contributed by atoms with Crippen LogP contribution >= 0.6 is 0 Å². The molecule has 26 heavy (non-hydrogen) atoms. The number of nitrogens with one attached hydrogen (secondary N) is 1. The molecule has 0 spiro atoms. The number of H-pyrrole nitrogens is 1. The zero-order valence-corrected chi connectivity index (χ0v) is 15.3. The van der Waals surface area contributed by atoms with E-state index < -0.39 is 12.1 Å². The number of ether oxygens (including phenoxy) is 1. The number of likely N-dealkylation sites (tertiary alicyclic amines) is 1. The van der Waals surface area contributed by atoms with Gasteiger partial charge in [0.25, 0.3) is 0 Å². The fraction of sp³-hybridized carbons (Fsp3) is 0.500. The standard InChI is InChI=1S/C18H25N5O3/c1-11(2)15(23(19)18(25)26-3)17(24)22-10-6-9-14(22)16-20-12-7-4-5-8-13(12)21-16/h4-5,7-8,11,14-15H,6,9-10,19H2,1-3H3,(H,20,21)/t14-,15-/m0/s1. The van der Waals surface area contributed by atoms with Gasteiger partial charge in [-0.1, -0.05) is 26.0 Å². The molecular formula is C18H25N5O3. The summed E-state index contributed by atoms with van der Waals surface area (Å²) in [7, 11) is 1.25. The number of aromatic amines is 1. The highest BCUT2D eigenvalue weighted by Gasteiger charge is 2.40. The Hall–Kier alpha value is -2.61. The molecule has 2 aromatic rings. The number of imidazole rings is 1. The van der Waals surface area contributed by atoms with Crippen molar-refractivity contribution in [3.05, 3.63) is 30.1 Å². The van der Waals surface area contributed by atoms with Crippen LogP contribution in [-0.4, -0.2) is 51.6 Å². The summed E-state index contributed by atoms with van der Waals surface area (Å²) in [4.78, 5) is 34.8. The number of benzene rings is 1. The molecule has 2 atom stereocenters. The second-order valence-electron chi connectivity index (χ2n) is 6.90. The van der Waals surface area contributed by atoms with Crippen LogP contribution in [0, 0.1) is 5.92 Å². The van der Waals surface area contributed by atoms with Gasteiger partial charge in [-0.05, 0) is 30.9 Å². The highest BCUT2D eigenvalue weighted by Crippen LogP contribution is 2.33. The molecule has 2 heterocycles. The van der Waals surface area contributed by atoms with Crippen molar-refractivity contribution in [2.45, 2.75) is 38.8 Å². The van der Waals surface area contributed by atoms with Gasteiger partial charge in [0, 0.05) is 6.54 Å². The summed E-state index contributed by atoms with van der Waals surface area (Å²) in [5.41, 5.74) is 1.81. The summed E-state index contributed by atoms with van der Waals surface area (Å²) in [6, 6.07) is 6.84. The Morgan fingerprint density at radius 2 is 2.12 bits per heavy atom. The Kier molecular flexibility index (Phi) is 5.13. The summed E-state index contributed by atoms with van der Waals surface area (Å²) in [6.45, 7) is 4.33. The normalized spacial score (nSPS) is 18.3. The van der Waals surface area contributed by atoms with Crippen LogP contribution in [0.2, 0.25) is 0 Å². The molecule has 0 saturated carbocycles. The zero-order chi connectivity index (χ0) is 18.8. The lowest BCUT2D eigenvalue weighted by atomic mass is 10.0. The van der Waals surface area contributed by atoms with Gasteiger partial charge < -0.3 is 14.6 Å². The number of hydrogen-bond donors (Lipinski definition) is 2. The molecule has 0 aliphatic carbocycles. The fourth-order valence-corrected chi connectivity index (χ4v) is 3.56. The Labute approximate surface area is 152 Å². The Morgan fingerprint density at radius 1 is 1.38 bits per heavy atom. The van der Waals surface area contributed by atoms with Crippen molar-refractivity contribution < 1.29 is 14.3 Å². The number of nitrogens with two attached hydrogens (primary N) is 1. The molecule has 140 valence electrons. The third-order valence-corrected chi connectivity index (χ3v) is 4.83. The lowest BCUT2D eigenvalue weighted by Crippen LogP contribution is -2.56. The molecule has 8 heteroatoms. The van der Waals surface area contributed by atoms with Crippen LogP contribution in [0.1, 0.15) is 38.6 Å². The molecule has 3 rings (SSSR count). The molecule has 3 N–H and O–H groups in total. The van der Waals surface area contributed by atoms with Gasteiger partial charge in [-0.3, -0.25) is 4.79 Å². The molecule has 1 aliphatic heterocycles. The molecular weight excluding hydrogens is 334 g/mol. The van der Waals surface area contributed by atoms with E-state index >= 15 is 0 Å². The van der Waals surface area contributed by atoms with Crippen molar-refractivity contribution in [2.24, 2.45) is 11.8 Å². The molecule has 0 bridgehead atoms. The lowest BCUT2D eigenvalue weighted by Gasteiger charge is -2.33. The predicted molar refractivity (Wildman–Crippen MR) is 96.8 cm³/mol. The Morgan fingerprint density at radius 3 is 2.77 bits per heavy atom. The number of hydrogen-bond acceptors (Lipinski definition) is 5. The molecule has 1 aliphatic rings. The monoisotopic (exact) mass is 359 g/mol. The van der Waals surface area contributed by atoms with Crippen molar-refractivity contribution in [2.75, 3.05) is 13.7 Å². The second-order valence-corrected chi connectivity index (χ2v) is 6.90. The molecule has 1 saturated heterocycles. The van der Waals surface area contributed by atoms with Gasteiger partial charge in [0.1, 0.15) is 11.9 Å². The molecule has 1 fully saturated rings. The number of para-hydroxylation sites is 2. The average molecular weight is 359 g/mol. The van der Waals surface area contributed by atoms with Crippen molar-refractivity contribution in [1.29, 1.82) is 0 Å². The van der Waals surface area contributed by atoms with E-state index in [1.165, 1.54) is 7.11 Å². The third-order valence-electron chi connectivity index (χ3n) is 4.83. The molecule has 2 amide bonds. The van der Waals surface area contributed by atoms with Crippen LogP contribution in [0.3, 0.4) is 0 Å². The summed E-state index contributed by atoms with van der Waals surface area (Å²) in [5, 5.41) is 0.890. The number of amides is 2. The van der Waals surface area contributed by atoms with Crippen molar-refractivity contribution in [3.63, 3.8) is 0 Å². The highest BCUT2D eigenvalue weighted by atomic mass is 16.5. The maximum atomic E-state index is 13.2. The molecule has 1 aromatic heterocycles. The van der Waals surface area contributed by atoms with E-state index in [0.29, 0.717) is 6.54 Å². The van der Waals surface area contributed by atoms with E-state index in [0.717, 1.165) is 34.7 Å². The Balaban J connectivity index is 1.88. The van der Waals surface area contributed by atoms with Crippen molar-refractivity contribution in [3.8, 4) is 0 Å². The van der Waals surface area contributed by atoms with Crippen LogP contribution in [0.25, 0.3) is 11.0 Å². The first-order valence-electron chi connectivity index (χ1n) is 8.81. The van der Waals surface area contributed by atoms with E-state index in [1.807, 2.05) is 38.1 Å². The van der Waals surface area contributed by atoms with Crippen LogP contribution < -0.4 is 5.84 Å². The van der Waals surface area contributed by atoms with Gasteiger partial charge >= 0.3 is 6.09 Å². The van der Waals surface area contributed by atoms with Gasteiger partial charge in [0.2, 0.25) is 5.91 Å². The van der Waals surface area contributed by atoms with Gasteiger partial charge in [-0.2, -0.15) is 0 Å². The minimum atomic E-state index is -0.785. The smallest absolute Gasteiger partial charge is 0.424 e. The van der Waals surface area contributed by atoms with Crippen LogP contribution in [0.15, 0.2) is 24.3 Å². The largest absolute Gasteiger partial charge is 0.452 e. The second kappa shape index (κ2) is 7.33. The number of carbonyl (C=O) groups excluding carboxylic acids is 2. The number of rotatable bonds is 4. The SMILES string of the molecule is COC(=O)N(N)[C@H](C(=O)N1CCC[C@H]1c1nc2ccccc2[nH]1)C(C)C. The zero-order valence-electron chi connectivity index (χ0n) is 15.3. The van der Waals surface area contributed by atoms with Crippen LogP contribution in [-0.2, 0) is 9.53 Å². The van der Waals surface area contributed by atoms with Crippen molar-refractivity contribution in [1.82, 2.24) is 19.9 Å². The summed E-state index contributed by atoms with van der Waals surface area (Å²) in [5.74, 6) is 6.31. The maximum Gasteiger partial charge on any atom is 0.424 e. The average Bonchev–Trinajstić information content (AvgIpc) is 3.26. The predicted octanol–water partition coefficient (Wildman–Crippen LogP) is 2.19. The summed E-state index contributed by atoms with van der Waals surface area (Å²) >= 11 is 0. The van der Waals surface area contributed by atoms with E-state index in [1.54, 1.807) is 4.90 Å². The molecule has 1 aromatic carbocycles. The van der Waals surface area contributed by atoms with Gasteiger partial charge in [0.05, 0.1) is 24.2 Å². The number of aromatic nitrogens is 2. The van der Waals surface area contributed by atoms with E-state index in [9.17, 15) is 9.59 Å². The van der Waals surface area contributed by atoms with Gasteiger partial charge in [0.15, 0.2) is 0 Å². The van der Waals surface area contributed by atoms with Gasteiger partial charge in [-0.25, -0.2) is 20.6 Å². The van der Waals surface area contributed by atoms with Gasteiger partial charge in [-0.15, -0.1) is 0 Å². The number of hydrazine groups is 1. The minimum absolute atomic E-state index is 0.150. The summed E-state index contributed by atoms with van der Waals surface area (Å²) in [6.07, 6.45) is 0.969. The van der Waals surface area contributed by atoms with E-state index in [4.69, 9.17) is 5.84 Å². The number of carbonyl (C=O) groups is 2. The number of fused-ring (bicyclic) bond motifs is 1. The highest BCUT2D eigenvalue weighted by molar-refractivity contribution is 5.86. The number of nitrogens with zero attached hydrogens (tertiary/aromatic N) is 3. The van der Waals surface area contributed by atoms with Crippen molar-refractivity contribution >= 4 is 23.0 Å². The topological polar surface area (TPSA) is 105 Å². The minimum Gasteiger partial charge on any atom is -0.452 e. The number of methoxy groups -OCH3 is 1. The fourth-order valence-electron chi connectivity index (χ4n) is 3.56. The quantitative estimate of drug-likeness (QED) is 0.495. The lowest BCUT2D eigenvalue weighted by molar-refractivity contribution is -0.139. The molecule has 8 nitrogen and oxygen atoms in total. The Bertz CT molecular complexity index is 770. The van der Waals surface area contributed by atoms with E-state index in [-0.39, 0.29) is 17.9 Å². The van der Waals surface area contributed by atoms with E-state index in [2.05, 4.69) is 14.7 Å². The molecule has 0 radical (unpaired) electrons. The van der Waals surface area contributed by atoms with Crippen LogP contribution in [0.5, 0.6) is 0 Å². The summed E-state index contributed by atoms with van der Waals surface area (Å²) < 4.78 is 4.68. The molecule has 0 unspecified atom stereocenters. The third kappa shape index (κ3) is 3.24. The first kappa shape index (κ1) is 18.2.